The van der Waals surface area contributed by atoms with Crippen molar-refractivity contribution >= 4 is 5.78 Å². The molecule has 0 spiro atoms. The molecule has 3 heteroatoms. The van der Waals surface area contributed by atoms with Crippen LogP contribution in [0.2, 0.25) is 0 Å². The van der Waals surface area contributed by atoms with Crippen molar-refractivity contribution in [1.29, 1.82) is 0 Å². The highest BCUT2D eigenvalue weighted by atomic mass is 16.1. The lowest BCUT2D eigenvalue weighted by atomic mass is 9.99. The molecule has 0 amide bonds. The van der Waals surface area contributed by atoms with Gasteiger partial charge >= 0.3 is 0 Å². The van der Waals surface area contributed by atoms with Crippen LogP contribution < -0.4 is 0 Å². The number of nitrogens with zero attached hydrogens (tertiary/aromatic N) is 2. The van der Waals surface area contributed by atoms with Gasteiger partial charge in [0.05, 0.1) is 0 Å². The van der Waals surface area contributed by atoms with Gasteiger partial charge in [-0.05, 0) is 36.5 Å². The van der Waals surface area contributed by atoms with Gasteiger partial charge in [-0.15, -0.1) is 0 Å². The van der Waals surface area contributed by atoms with Crippen LogP contribution in [0.1, 0.15) is 41.2 Å². The van der Waals surface area contributed by atoms with E-state index in [4.69, 9.17) is 0 Å². The first-order chi connectivity index (χ1) is 9.06. The third-order valence-electron chi connectivity index (χ3n) is 2.82. The Labute approximate surface area is 113 Å². The Bertz CT molecular complexity index is 574. The van der Waals surface area contributed by atoms with Crippen LogP contribution in [0.5, 0.6) is 0 Å². The summed E-state index contributed by atoms with van der Waals surface area (Å²) in [6.07, 6.45) is 4.30. The topological polar surface area (TPSA) is 42.9 Å². The molecule has 0 saturated carbocycles. The average Bonchev–Trinajstić information content (AvgIpc) is 2.38. The first kappa shape index (κ1) is 13.4. The van der Waals surface area contributed by atoms with Crippen LogP contribution in [0, 0.1) is 12.8 Å². The number of hydrogen-bond acceptors (Lipinski definition) is 3. The molecule has 0 aliphatic heterocycles. The predicted octanol–water partition coefficient (Wildman–Crippen LogP) is 3.21. The molecule has 0 unspecified atom stereocenters. The van der Waals surface area contributed by atoms with E-state index < -0.39 is 0 Å². The Kier molecular flexibility index (Phi) is 4.05. The summed E-state index contributed by atoms with van der Waals surface area (Å²) in [5, 5.41) is 0. The Hall–Kier alpha value is -2.03. The van der Waals surface area contributed by atoms with E-state index in [-0.39, 0.29) is 11.6 Å². The molecule has 0 N–H and O–H groups in total. The normalized spacial score (nSPS) is 10.7. The first-order valence-corrected chi connectivity index (χ1v) is 6.48. The van der Waals surface area contributed by atoms with E-state index in [1.807, 2.05) is 31.2 Å². The van der Waals surface area contributed by atoms with Gasteiger partial charge in [0, 0.05) is 18.0 Å². The quantitative estimate of drug-likeness (QED) is 0.787. The molecule has 2 aromatic rings. The van der Waals surface area contributed by atoms with Crippen molar-refractivity contribution in [3.8, 4) is 0 Å². The standard InChI is InChI=1S/C16H18N2O/c1-11(2)7-13-5-4-6-14(8-13)15(19)16-17-9-12(3)10-18-16/h4-6,8-11H,7H2,1-3H3. The van der Waals surface area contributed by atoms with Gasteiger partial charge in [-0.3, -0.25) is 4.79 Å². The number of ketones is 1. The van der Waals surface area contributed by atoms with Gasteiger partial charge in [0.15, 0.2) is 0 Å². The second kappa shape index (κ2) is 5.74. The largest absolute Gasteiger partial charge is 0.285 e. The molecule has 0 atom stereocenters. The van der Waals surface area contributed by atoms with Crippen LogP contribution in [-0.4, -0.2) is 15.8 Å². The summed E-state index contributed by atoms with van der Waals surface area (Å²) < 4.78 is 0. The highest BCUT2D eigenvalue weighted by Gasteiger charge is 2.12. The molecule has 0 bridgehead atoms. The monoisotopic (exact) mass is 254 g/mol. The van der Waals surface area contributed by atoms with Gasteiger partial charge in [-0.1, -0.05) is 32.0 Å². The van der Waals surface area contributed by atoms with E-state index in [2.05, 4.69) is 23.8 Å². The third-order valence-corrected chi connectivity index (χ3v) is 2.82. The maximum absolute atomic E-state index is 12.3. The summed E-state index contributed by atoms with van der Waals surface area (Å²) in [5.41, 5.74) is 2.78. The zero-order valence-corrected chi connectivity index (χ0v) is 11.6. The molecule has 0 radical (unpaired) electrons. The fourth-order valence-electron chi connectivity index (χ4n) is 1.95. The third kappa shape index (κ3) is 3.47. The number of carbonyl (C=O) groups excluding carboxylic acids is 1. The zero-order chi connectivity index (χ0) is 13.8. The molecule has 19 heavy (non-hydrogen) atoms. The molecule has 1 aromatic carbocycles. The van der Waals surface area contributed by atoms with Crippen molar-refractivity contribution in [3.63, 3.8) is 0 Å². The fraction of sp³-hybridized carbons (Fsp3) is 0.312. The molecule has 1 aromatic heterocycles. The smallest absolute Gasteiger partial charge is 0.230 e. The van der Waals surface area contributed by atoms with E-state index in [0.717, 1.165) is 12.0 Å². The van der Waals surface area contributed by atoms with Crippen molar-refractivity contribution < 1.29 is 4.79 Å². The highest BCUT2D eigenvalue weighted by Crippen LogP contribution is 2.13. The van der Waals surface area contributed by atoms with Crippen molar-refractivity contribution in [2.75, 3.05) is 0 Å². The van der Waals surface area contributed by atoms with Crippen LogP contribution >= 0.6 is 0 Å². The molecule has 3 nitrogen and oxygen atoms in total. The fourth-order valence-corrected chi connectivity index (χ4v) is 1.95. The number of benzene rings is 1. The van der Waals surface area contributed by atoms with Crippen LogP contribution in [0.15, 0.2) is 36.7 Å². The van der Waals surface area contributed by atoms with Crippen LogP contribution in [-0.2, 0) is 6.42 Å². The van der Waals surface area contributed by atoms with E-state index in [1.54, 1.807) is 12.4 Å². The molecule has 0 aliphatic carbocycles. The maximum Gasteiger partial charge on any atom is 0.230 e. The van der Waals surface area contributed by atoms with E-state index in [9.17, 15) is 4.79 Å². The van der Waals surface area contributed by atoms with Crippen LogP contribution in [0.4, 0.5) is 0 Å². The number of rotatable bonds is 4. The summed E-state index contributed by atoms with van der Waals surface area (Å²) in [4.78, 5) is 20.4. The summed E-state index contributed by atoms with van der Waals surface area (Å²) in [7, 11) is 0. The van der Waals surface area contributed by atoms with E-state index in [1.165, 1.54) is 5.56 Å². The Morgan fingerprint density at radius 3 is 2.53 bits per heavy atom. The Balaban J connectivity index is 2.26. The Morgan fingerprint density at radius 1 is 1.21 bits per heavy atom. The predicted molar refractivity (Wildman–Crippen MR) is 75.2 cm³/mol. The van der Waals surface area contributed by atoms with Crippen molar-refractivity contribution in [2.45, 2.75) is 27.2 Å². The summed E-state index contributed by atoms with van der Waals surface area (Å²) in [5.74, 6) is 0.707. The van der Waals surface area contributed by atoms with Crippen LogP contribution in [0.25, 0.3) is 0 Å². The highest BCUT2D eigenvalue weighted by molar-refractivity contribution is 6.06. The minimum Gasteiger partial charge on any atom is -0.285 e. The number of hydrogen-bond donors (Lipinski definition) is 0. The summed E-state index contributed by atoms with van der Waals surface area (Å²) in [6, 6.07) is 7.72. The van der Waals surface area contributed by atoms with Crippen LogP contribution in [0.3, 0.4) is 0 Å². The minimum atomic E-state index is -0.120. The van der Waals surface area contributed by atoms with Gasteiger partial charge in [0.1, 0.15) is 0 Å². The molecular weight excluding hydrogens is 236 g/mol. The molecule has 98 valence electrons. The molecule has 1 heterocycles. The molecular formula is C16H18N2O. The summed E-state index contributed by atoms with van der Waals surface area (Å²) >= 11 is 0. The lowest BCUT2D eigenvalue weighted by Gasteiger charge is -2.06. The van der Waals surface area contributed by atoms with Gasteiger partial charge in [-0.2, -0.15) is 0 Å². The van der Waals surface area contributed by atoms with E-state index >= 15 is 0 Å². The zero-order valence-electron chi connectivity index (χ0n) is 11.6. The average molecular weight is 254 g/mol. The lowest BCUT2D eigenvalue weighted by Crippen LogP contribution is -2.07. The Morgan fingerprint density at radius 2 is 1.89 bits per heavy atom. The van der Waals surface area contributed by atoms with Gasteiger partial charge < -0.3 is 0 Å². The van der Waals surface area contributed by atoms with Crippen molar-refractivity contribution in [1.82, 2.24) is 9.97 Å². The number of aromatic nitrogens is 2. The molecule has 0 aliphatic rings. The lowest BCUT2D eigenvalue weighted by molar-refractivity contribution is 0.102. The summed E-state index contributed by atoms with van der Waals surface area (Å²) in [6.45, 7) is 6.23. The van der Waals surface area contributed by atoms with Gasteiger partial charge in [-0.25, -0.2) is 9.97 Å². The maximum atomic E-state index is 12.3. The van der Waals surface area contributed by atoms with Gasteiger partial charge in [0.25, 0.3) is 0 Å². The molecule has 0 fully saturated rings. The van der Waals surface area contributed by atoms with Crippen molar-refractivity contribution in [3.05, 3.63) is 59.2 Å². The SMILES string of the molecule is Cc1cnc(C(=O)c2cccc(CC(C)C)c2)nc1. The number of carbonyl (C=O) groups is 1. The van der Waals surface area contributed by atoms with Gasteiger partial charge in [0.2, 0.25) is 11.6 Å². The second-order valence-corrected chi connectivity index (χ2v) is 5.21. The molecule has 2 rings (SSSR count). The second-order valence-electron chi connectivity index (χ2n) is 5.21. The number of aryl methyl sites for hydroxylation is 1. The van der Waals surface area contributed by atoms with Crippen molar-refractivity contribution in [2.24, 2.45) is 5.92 Å². The minimum absolute atomic E-state index is 0.120. The first-order valence-electron chi connectivity index (χ1n) is 6.48. The van der Waals surface area contributed by atoms with E-state index in [0.29, 0.717) is 11.5 Å². The molecule has 0 saturated heterocycles.